The molecular weight excluding hydrogens is 302 g/mol. The third kappa shape index (κ3) is 5.72. The van der Waals surface area contributed by atoms with E-state index in [-0.39, 0.29) is 6.61 Å². The van der Waals surface area contributed by atoms with Gasteiger partial charge < -0.3 is 10.1 Å². The smallest absolute Gasteiger partial charge is 0.407 e. The number of carbonyl (C=O) groups excluding carboxylic acids is 2. The van der Waals surface area contributed by atoms with Gasteiger partial charge in [0.15, 0.2) is 0 Å². The molecule has 0 radical (unpaired) electrons. The van der Waals surface area contributed by atoms with Crippen molar-refractivity contribution in [3.8, 4) is 0 Å². The van der Waals surface area contributed by atoms with E-state index in [1.165, 1.54) is 0 Å². The van der Waals surface area contributed by atoms with Crippen LogP contribution in [0, 0.1) is 6.92 Å². The molecular formula is C20H21NO3. The van der Waals surface area contributed by atoms with Crippen molar-refractivity contribution in [3.63, 3.8) is 0 Å². The maximum atomic E-state index is 11.6. The second-order valence-corrected chi connectivity index (χ2v) is 5.41. The quantitative estimate of drug-likeness (QED) is 0.615. The normalized spacial score (nSPS) is 10.5. The van der Waals surface area contributed by atoms with Crippen molar-refractivity contribution in [2.75, 3.05) is 6.54 Å². The van der Waals surface area contributed by atoms with E-state index in [1.54, 1.807) is 6.07 Å². The number of aldehydes is 1. The Kier molecular flexibility index (Phi) is 6.77. The second-order valence-electron chi connectivity index (χ2n) is 5.41. The lowest BCUT2D eigenvalue weighted by Gasteiger charge is -2.06. The van der Waals surface area contributed by atoms with Crippen LogP contribution in [-0.2, 0) is 11.3 Å². The maximum absolute atomic E-state index is 11.6. The van der Waals surface area contributed by atoms with Crippen LogP contribution < -0.4 is 5.32 Å². The first kappa shape index (κ1) is 17.5. The van der Waals surface area contributed by atoms with E-state index in [4.69, 9.17) is 4.74 Å². The van der Waals surface area contributed by atoms with E-state index in [1.807, 2.05) is 61.5 Å². The van der Waals surface area contributed by atoms with Crippen LogP contribution in [0.25, 0.3) is 6.08 Å². The number of nitrogens with one attached hydrogen (secondary N) is 1. The number of aryl methyl sites for hydroxylation is 1. The first-order valence-electron chi connectivity index (χ1n) is 7.86. The number of ether oxygens (including phenoxy) is 1. The molecule has 24 heavy (non-hydrogen) atoms. The van der Waals surface area contributed by atoms with Crippen molar-refractivity contribution in [2.45, 2.75) is 20.0 Å². The van der Waals surface area contributed by atoms with E-state index in [0.717, 1.165) is 23.0 Å². The molecule has 0 aromatic heterocycles. The van der Waals surface area contributed by atoms with Gasteiger partial charge in [-0.15, -0.1) is 0 Å². The summed E-state index contributed by atoms with van der Waals surface area (Å²) in [6.45, 7) is 2.75. The van der Waals surface area contributed by atoms with Gasteiger partial charge in [-0.05, 0) is 36.1 Å². The molecule has 0 aliphatic rings. The Morgan fingerprint density at radius 3 is 2.71 bits per heavy atom. The van der Waals surface area contributed by atoms with Gasteiger partial charge in [-0.3, -0.25) is 4.79 Å². The van der Waals surface area contributed by atoms with Gasteiger partial charge in [0.25, 0.3) is 0 Å². The molecule has 0 saturated heterocycles. The molecule has 4 nitrogen and oxygen atoms in total. The van der Waals surface area contributed by atoms with E-state index in [9.17, 15) is 9.59 Å². The number of amides is 1. The number of hydrogen-bond acceptors (Lipinski definition) is 3. The molecule has 4 heteroatoms. The maximum Gasteiger partial charge on any atom is 0.407 e. The molecule has 0 spiro atoms. The molecule has 0 atom stereocenters. The fraction of sp³-hybridized carbons (Fsp3) is 0.200. The molecule has 0 aliphatic heterocycles. The Bertz CT molecular complexity index is 708. The largest absolute Gasteiger partial charge is 0.445 e. The SMILES string of the molecule is Cc1ccc(C=O)cc1C=CCCNC(=O)OCc1ccccc1. The molecule has 2 aromatic rings. The summed E-state index contributed by atoms with van der Waals surface area (Å²) < 4.78 is 5.13. The zero-order valence-electron chi connectivity index (χ0n) is 13.7. The number of alkyl carbamates (subject to hydrolysis) is 1. The molecule has 0 saturated carbocycles. The molecule has 124 valence electrons. The van der Waals surface area contributed by atoms with E-state index in [0.29, 0.717) is 18.5 Å². The Morgan fingerprint density at radius 2 is 1.96 bits per heavy atom. The van der Waals surface area contributed by atoms with Crippen molar-refractivity contribution >= 4 is 18.5 Å². The van der Waals surface area contributed by atoms with Gasteiger partial charge in [-0.1, -0.05) is 54.6 Å². The van der Waals surface area contributed by atoms with E-state index < -0.39 is 6.09 Å². The Hall–Kier alpha value is -2.88. The minimum atomic E-state index is -0.425. The van der Waals surface area contributed by atoms with Crippen LogP contribution in [0.1, 0.15) is 33.5 Å². The van der Waals surface area contributed by atoms with Gasteiger partial charge in [0.1, 0.15) is 12.9 Å². The van der Waals surface area contributed by atoms with E-state index in [2.05, 4.69) is 5.32 Å². The summed E-state index contributed by atoms with van der Waals surface area (Å²) in [5.41, 5.74) is 3.72. The van der Waals surface area contributed by atoms with Crippen molar-refractivity contribution in [1.82, 2.24) is 5.32 Å². The minimum Gasteiger partial charge on any atom is -0.445 e. The average Bonchev–Trinajstić information content (AvgIpc) is 2.62. The second kappa shape index (κ2) is 9.30. The topological polar surface area (TPSA) is 55.4 Å². The number of rotatable bonds is 7. The molecule has 0 unspecified atom stereocenters. The Labute approximate surface area is 142 Å². The van der Waals surface area contributed by atoms with Gasteiger partial charge in [0.05, 0.1) is 0 Å². The summed E-state index contributed by atoms with van der Waals surface area (Å²) >= 11 is 0. The zero-order chi connectivity index (χ0) is 17.2. The fourth-order valence-electron chi connectivity index (χ4n) is 2.15. The lowest BCUT2D eigenvalue weighted by molar-refractivity contribution is 0.112. The summed E-state index contributed by atoms with van der Waals surface area (Å²) in [5, 5.41) is 2.71. The molecule has 1 N–H and O–H groups in total. The monoisotopic (exact) mass is 323 g/mol. The summed E-state index contributed by atoms with van der Waals surface area (Å²) in [6, 6.07) is 15.1. The first-order chi connectivity index (χ1) is 11.7. The summed E-state index contributed by atoms with van der Waals surface area (Å²) in [6.07, 6.45) is 5.02. The van der Waals surface area contributed by atoms with Crippen LogP contribution in [0.4, 0.5) is 4.79 Å². The van der Waals surface area contributed by atoms with Crippen LogP contribution in [0.2, 0.25) is 0 Å². The molecule has 2 rings (SSSR count). The van der Waals surface area contributed by atoms with Crippen molar-refractivity contribution in [1.29, 1.82) is 0 Å². The highest BCUT2D eigenvalue weighted by atomic mass is 16.5. The summed E-state index contributed by atoms with van der Waals surface area (Å²) in [4.78, 5) is 22.4. The van der Waals surface area contributed by atoms with Crippen LogP contribution in [0.5, 0.6) is 0 Å². The molecule has 0 fully saturated rings. The molecule has 0 heterocycles. The zero-order valence-corrected chi connectivity index (χ0v) is 13.7. The summed E-state index contributed by atoms with van der Waals surface area (Å²) in [7, 11) is 0. The van der Waals surface area contributed by atoms with Gasteiger partial charge in [0.2, 0.25) is 0 Å². The summed E-state index contributed by atoms with van der Waals surface area (Å²) in [5.74, 6) is 0. The highest BCUT2D eigenvalue weighted by molar-refractivity contribution is 5.77. The number of hydrogen-bond donors (Lipinski definition) is 1. The van der Waals surface area contributed by atoms with Gasteiger partial charge in [-0.25, -0.2) is 4.79 Å². The Balaban J connectivity index is 1.70. The number of carbonyl (C=O) groups is 2. The van der Waals surface area contributed by atoms with Crippen molar-refractivity contribution in [3.05, 3.63) is 76.9 Å². The third-order valence-corrected chi connectivity index (χ3v) is 3.53. The molecule has 2 aromatic carbocycles. The number of benzene rings is 2. The molecule has 1 amide bonds. The lowest BCUT2D eigenvalue weighted by Crippen LogP contribution is -2.24. The van der Waals surface area contributed by atoms with E-state index >= 15 is 0 Å². The van der Waals surface area contributed by atoms with Gasteiger partial charge in [-0.2, -0.15) is 0 Å². The highest BCUT2D eigenvalue weighted by Crippen LogP contribution is 2.12. The predicted molar refractivity (Wildman–Crippen MR) is 94.8 cm³/mol. The minimum absolute atomic E-state index is 0.264. The van der Waals surface area contributed by atoms with Crippen LogP contribution in [-0.4, -0.2) is 18.9 Å². The lowest BCUT2D eigenvalue weighted by atomic mass is 10.0. The average molecular weight is 323 g/mol. The van der Waals surface area contributed by atoms with Crippen molar-refractivity contribution < 1.29 is 14.3 Å². The highest BCUT2D eigenvalue weighted by Gasteiger charge is 2.01. The molecule has 0 bridgehead atoms. The van der Waals surface area contributed by atoms with Crippen LogP contribution >= 0.6 is 0 Å². The first-order valence-corrected chi connectivity index (χ1v) is 7.86. The molecule has 0 aliphatic carbocycles. The predicted octanol–water partition coefficient (Wildman–Crippen LogP) is 4.14. The Morgan fingerprint density at radius 1 is 1.17 bits per heavy atom. The standard InChI is InChI=1S/C20H21NO3/c1-16-10-11-18(14-22)13-19(16)9-5-6-12-21-20(23)24-15-17-7-3-2-4-8-17/h2-5,7-11,13-14H,6,12,15H2,1H3,(H,21,23). The van der Waals surface area contributed by atoms with Crippen LogP contribution in [0.15, 0.2) is 54.6 Å². The van der Waals surface area contributed by atoms with Crippen LogP contribution in [0.3, 0.4) is 0 Å². The van der Waals surface area contributed by atoms with Crippen molar-refractivity contribution in [2.24, 2.45) is 0 Å². The van der Waals surface area contributed by atoms with Gasteiger partial charge in [0, 0.05) is 12.1 Å². The fourth-order valence-corrected chi connectivity index (χ4v) is 2.15. The third-order valence-electron chi connectivity index (χ3n) is 3.53. The van der Waals surface area contributed by atoms with Gasteiger partial charge >= 0.3 is 6.09 Å².